The van der Waals surface area contributed by atoms with Crippen molar-refractivity contribution < 1.29 is 9.59 Å². The highest BCUT2D eigenvalue weighted by molar-refractivity contribution is 5.89. The molecule has 0 saturated carbocycles. The third kappa shape index (κ3) is 7.28. The van der Waals surface area contributed by atoms with E-state index in [1.165, 1.54) is 33.4 Å². The summed E-state index contributed by atoms with van der Waals surface area (Å²) in [6.45, 7) is 17.2. The Labute approximate surface area is 240 Å². The lowest BCUT2D eigenvalue weighted by Gasteiger charge is -2.46. The van der Waals surface area contributed by atoms with Gasteiger partial charge in [-0.15, -0.1) is 0 Å². The van der Waals surface area contributed by atoms with Gasteiger partial charge in [-0.05, 0) is 86.1 Å². The molecule has 0 radical (unpaired) electrons. The van der Waals surface area contributed by atoms with Crippen molar-refractivity contribution >= 4 is 24.0 Å². The fraction of sp³-hybridized carbons (Fsp3) is 0.371. The first-order chi connectivity index (χ1) is 19.1. The highest BCUT2D eigenvalue weighted by atomic mass is 16.2. The van der Waals surface area contributed by atoms with E-state index < -0.39 is 0 Å². The topological polar surface area (TPSA) is 43.9 Å². The molecule has 0 unspecified atom stereocenters. The van der Waals surface area contributed by atoms with E-state index in [1.54, 1.807) is 12.2 Å². The molecule has 0 atom stereocenters. The van der Waals surface area contributed by atoms with Crippen LogP contribution in [0.5, 0.6) is 0 Å². The maximum absolute atomic E-state index is 12.9. The van der Waals surface area contributed by atoms with Crippen LogP contribution in [0.15, 0.2) is 60.7 Å². The van der Waals surface area contributed by atoms with E-state index in [9.17, 15) is 9.59 Å². The van der Waals surface area contributed by atoms with Gasteiger partial charge in [-0.2, -0.15) is 0 Å². The van der Waals surface area contributed by atoms with Gasteiger partial charge in [0, 0.05) is 57.5 Å². The van der Waals surface area contributed by atoms with Crippen LogP contribution in [0, 0.1) is 41.5 Å². The minimum Gasteiger partial charge on any atom is -0.336 e. The van der Waals surface area contributed by atoms with Gasteiger partial charge in [-0.1, -0.05) is 60.7 Å². The average molecular weight is 538 g/mol. The second-order valence-corrected chi connectivity index (χ2v) is 11.3. The molecule has 2 aliphatic heterocycles. The molecular weight excluding hydrogens is 494 g/mol. The van der Waals surface area contributed by atoms with Gasteiger partial charge in [-0.25, -0.2) is 0 Å². The van der Waals surface area contributed by atoms with Crippen molar-refractivity contribution in [2.24, 2.45) is 0 Å². The molecule has 2 aliphatic rings. The fourth-order valence-corrected chi connectivity index (χ4v) is 5.51. The Morgan fingerprint density at radius 3 is 1.35 bits per heavy atom. The molecular formula is C35H43N3O2. The van der Waals surface area contributed by atoms with Gasteiger partial charge in [0.15, 0.2) is 0 Å². The number of benzene rings is 2. The Balaban J connectivity index is 1.29. The van der Waals surface area contributed by atoms with E-state index in [0.29, 0.717) is 13.1 Å². The van der Waals surface area contributed by atoms with Crippen LogP contribution in [0.4, 0.5) is 0 Å². The van der Waals surface area contributed by atoms with Gasteiger partial charge in [-0.3, -0.25) is 14.5 Å². The van der Waals surface area contributed by atoms with Crippen LogP contribution in [0.2, 0.25) is 0 Å². The number of allylic oxidation sites excluding steroid dienone is 4. The molecule has 0 aliphatic carbocycles. The number of amides is 2. The first-order valence-electron chi connectivity index (χ1n) is 14.3. The molecule has 2 saturated heterocycles. The number of carbonyl (C=O) groups excluding carboxylic acids is 2. The molecule has 0 aromatic heterocycles. The van der Waals surface area contributed by atoms with Crippen LogP contribution in [0.25, 0.3) is 12.2 Å². The fourth-order valence-electron chi connectivity index (χ4n) is 5.51. The van der Waals surface area contributed by atoms with Crippen LogP contribution >= 0.6 is 0 Å². The number of piperazine rings is 2. The zero-order valence-electron chi connectivity index (χ0n) is 24.9. The molecule has 5 nitrogen and oxygen atoms in total. The van der Waals surface area contributed by atoms with E-state index in [2.05, 4.69) is 70.7 Å². The lowest BCUT2D eigenvalue weighted by Crippen LogP contribution is -2.63. The number of fused-ring (bicyclic) bond motifs is 1. The van der Waals surface area contributed by atoms with Crippen molar-refractivity contribution in [1.82, 2.24) is 14.7 Å². The number of nitrogens with zero attached hydrogens (tertiary/aromatic N) is 3. The molecule has 5 heteroatoms. The summed E-state index contributed by atoms with van der Waals surface area (Å²) in [7, 11) is 0. The Hall–Kier alpha value is -3.70. The molecule has 0 bridgehead atoms. The van der Waals surface area contributed by atoms with E-state index in [-0.39, 0.29) is 17.9 Å². The number of aryl methyl sites for hydroxylation is 4. The molecule has 2 amide bonds. The van der Waals surface area contributed by atoms with E-state index in [0.717, 1.165) is 37.3 Å². The van der Waals surface area contributed by atoms with Crippen LogP contribution in [0.1, 0.15) is 44.5 Å². The van der Waals surface area contributed by atoms with Crippen molar-refractivity contribution in [1.29, 1.82) is 0 Å². The quantitative estimate of drug-likeness (QED) is 0.349. The third-order valence-electron chi connectivity index (χ3n) is 8.49. The van der Waals surface area contributed by atoms with Crippen LogP contribution < -0.4 is 0 Å². The molecule has 2 aromatic rings. The van der Waals surface area contributed by atoms with E-state index in [1.807, 2.05) is 46.3 Å². The first-order valence-corrected chi connectivity index (χ1v) is 14.3. The smallest absolute Gasteiger partial charge is 0.246 e. The second kappa shape index (κ2) is 13.1. The number of hydrogen-bond donors (Lipinski definition) is 0. The molecule has 40 heavy (non-hydrogen) atoms. The summed E-state index contributed by atoms with van der Waals surface area (Å²) >= 11 is 0. The normalized spacial score (nSPS) is 17.1. The van der Waals surface area contributed by atoms with Crippen molar-refractivity contribution in [2.75, 3.05) is 39.3 Å². The van der Waals surface area contributed by atoms with E-state index >= 15 is 0 Å². The highest BCUT2D eigenvalue weighted by Crippen LogP contribution is 2.19. The minimum atomic E-state index is 0.0237. The Morgan fingerprint density at radius 1 is 0.600 bits per heavy atom. The minimum absolute atomic E-state index is 0.0237. The molecule has 2 fully saturated rings. The van der Waals surface area contributed by atoms with Crippen molar-refractivity contribution in [3.8, 4) is 0 Å². The molecule has 2 heterocycles. The molecule has 0 N–H and O–H groups in total. The van der Waals surface area contributed by atoms with Crippen molar-refractivity contribution in [3.05, 3.63) is 105 Å². The Bertz CT molecular complexity index is 1230. The summed E-state index contributed by atoms with van der Waals surface area (Å²) in [4.78, 5) is 32.0. The second-order valence-electron chi connectivity index (χ2n) is 11.3. The van der Waals surface area contributed by atoms with Crippen molar-refractivity contribution in [2.45, 2.75) is 47.6 Å². The standard InChI is InChI=1S/C35H43N3O2/c1-25-19-31(20-26(2)29(25)5)11-7-9-13-34(39)37-17-15-36-16-18-38(24-33(36)23-37)35(40)14-10-8-12-32-21-27(3)30(6)28(4)22-32/h7-14,19-22,33H,15-18,23-24H2,1-6H3/b11-7+,12-8+,13-9+,14-10+. The Kier molecular flexibility index (Phi) is 9.59. The average Bonchev–Trinajstić information content (AvgIpc) is 2.94. The zero-order chi connectivity index (χ0) is 28.8. The molecule has 4 rings (SSSR count). The summed E-state index contributed by atoms with van der Waals surface area (Å²) in [5.74, 6) is 0.0475. The van der Waals surface area contributed by atoms with Crippen LogP contribution in [-0.4, -0.2) is 71.8 Å². The van der Waals surface area contributed by atoms with Gasteiger partial charge >= 0.3 is 0 Å². The monoisotopic (exact) mass is 537 g/mol. The number of hydrogen-bond acceptors (Lipinski definition) is 3. The first kappa shape index (κ1) is 29.3. The molecule has 0 spiro atoms. The van der Waals surface area contributed by atoms with Gasteiger partial charge < -0.3 is 9.80 Å². The van der Waals surface area contributed by atoms with Crippen molar-refractivity contribution in [3.63, 3.8) is 0 Å². The van der Waals surface area contributed by atoms with Crippen LogP contribution in [-0.2, 0) is 9.59 Å². The summed E-state index contributed by atoms with van der Waals surface area (Å²) in [5.41, 5.74) is 10.0. The predicted molar refractivity (Wildman–Crippen MR) is 166 cm³/mol. The summed E-state index contributed by atoms with van der Waals surface area (Å²) < 4.78 is 0. The van der Waals surface area contributed by atoms with Crippen LogP contribution in [0.3, 0.4) is 0 Å². The maximum atomic E-state index is 12.9. The third-order valence-corrected chi connectivity index (χ3v) is 8.49. The van der Waals surface area contributed by atoms with Gasteiger partial charge in [0.2, 0.25) is 11.8 Å². The van der Waals surface area contributed by atoms with Gasteiger partial charge in [0.25, 0.3) is 0 Å². The highest BCUT2D eigenvalue weighted by Gasteiger charge is 2.34. The maximum Gasteiger partial charge on any atom is 0.246 e. The molecule has 210 valence electrons. The summed E-state index contributed by atoms with van der Waals surface area (Å²) in [5, 5.41) is 0. The SMILES string of the molecule is Cc1cc(/C=C/C=C/C(=O)N2CCN3CCN(C(=O)/C=C/C=C/c4cc(C)c(C)c(C)c4)CC3C2)cc(C)c1C. The molecule has 2 aromatic carbocycles. The lowest BCUT2D eigenvalue weighted by atomic mass is 10.0. The largest absolute Gasteiger partial charge is 0.336 e. The Morgan fingerprint density at radius 2 is 0.975 bits per heavy atom. The van der Waals surface area contributed by atoms with Gasteiger partial charge in [0.05, 0.1) is 0 Å². The summed E-state index contributed by atoms with van der Waals surface area (Å²) in [6.07, 6.45) is 14.9. The predicted octanol–water partition coefficient (Wildman–Crippen LogP) is 5.73. The number of carbonyl (C=O) groups is 2. The zero-order valence-corrected chi connectivity index (χ0v) is 24.9. The summed E-state index contributed by atoms with van der Waals surface area (Å²) in [6, 6.07) is 8.84. The van der Waals surface area contributed by atoms with Gasteiger partial charge in [0.1, 0.15) is 0 Å². The number of rotatable bonds is 6. The van der Waals surface area contributed by atoms with E-state index in [4.69, 9.17) is 0 Å². The lowest BCUT2D eigenvalue weighted by molar-refractivity contribution is -0.133.